The molecule has 1 aliphatic rings. The minimum Gasteiger partial charge on any atom is -0.339 e. The van der Waals surface area contributed by atoms with Crippen LogP contribution in [0.2, 0.25) is 0 Å². The first-order chi connectivity index (χ1) is 9.58. The fourth-order valence-electron chi connectivity index (χ4n) is 2.61. The Morgan fingerprint density at radius 1 is 1.19 bits per heavy atom. The Morgan fingerprint density at radius 3 is 2.43 bits per heavy atom. The standard InChI is InChI=1S/C14H15F2N3O.ClH/c15-10-4-3-5-11(16)9(10)8-12-18-13(19-20-12)14(17)6-1-2-7-14;/h3-5H,1-2,6-8,17H2;1H. The monoisotopic (exact) mass is 315 g/mol. The second-order valence-corrected chi connectivity index (χ2v) is 5.25. The molecule has 0 bridgehead atoms. The van der Waals surface area contributed by atoms with E-state index in [1.165, 1.54) is 18.2 Å². The fourth-order valence-corrected chi connectivity index (χ4v) is 2.61. The molecule has 3 rings (SSSR count). The Bertz CT molecular complexity index is 606. The van der Waals surface area contributed by atoms with Crippen LogP contribution in [0.1, 0.15) is 43.0 Å². The third-order valence-corrected chi connectivity index (χ3v) is 3.80. The molecule has 1 fully saturated rings. The van der Waals surface area contributed by atoms with Crippen molar-refractivity contribution < 1.29 is 13.3 Å². The number of rotatable bonds is 3. The third-order valence-electron chi connectivity index (χ3n) is 3.80. The molecular formula is C14H16ClF2N3O. The zero-order valence-corrected chi connectivity index (χ0v) is 12.1. The molecule has 0 atom stereocenters. The van der Waals surface area contributed by atoms with Gasteiger partial charge in [-0.15, -0.1) is 12.4 Å². The van der Waals surface area contributed by atoms with E-state index in [0.29, 0.717) is 5.82 Å². The average Bonchev–Trinajstić information content (AvgIpc) is 3.04. The smallest absolute Gasteiger partial charge is 0.231 e. The summed E-state index contributed by atoms with van der Waals surface area (Å²) in [5.74, 6) is -0.622. The molecule has 0 unspecified atom stereocenters. The molecule has 0 radical (unpaired) electrons. The van der Waals surface area contributed by atoms with Gasteiger partial charge in [0.2, 0.25) is 5.89 Å². The molecule has 2 aromatic rings. The highest BCUT2D eigenvalue weighted by Gasteiger charge is 2.36. The van der Waals surface area contributed by atoms with Crippen LogP contribution >= 0.6 is 12.4 Å². The van der Waals surface area contributed by atoms with Gasteiger partial charge in [0.25, 0.3) is 0 Å². The van der Waals surface area contributed by atoms with E-state index in [1.54, 1.807) is 0 Å². The van der Waals surface area contributed by atoms with E-state index in [2.05, 4.69) is 10.1 Å². The van der Waals surface area contributed by atoms with Crippen LogP contribution < -0.4 is 5.73 Å². The van der Waals surface area contributed by atoms with Crippen molar-refractivity contribution in [3.63, 3.8) is 0 Å². The maximum Gasteiger partial charge on any atom is 0.231 e. The quantitative estimate of drug-likeness (QED) is 0.945. The van der Waals surface area contributed by atoms with E-state index in [1.807, 2.05) is 0 Å². The van der Waals surface area contributed by atoms with Gasteiger partial charge in [0.15, 0.2) is 5.82 Å². The number of benzene rings is 1. The first kappa shape index (κ1) is 15.9. The lowest BCUT2D eigenvalue weighted by atomic mass is 9.99. The molecule has 1 saturated carbocycles. The molecule has 1 heterocycles. The van der Waals surface area contributed by atoms with E-state index in [4.69, 9.17) is 10.3 Å². The van der Waals surface area contributed by atoms with Gasteiger partial charge in [-0.25, -0.2) is 8.78 Å². The van der Waals surface area contributed by atoms with Crippen molar-refractivity contribution in [3.05, 3.63) is 47.1 Å². The molecule has 1 aliphatic carbocycles. The van der Waals surface area contributed by atoms with Gasteiger partial charge in [0.1, 0.15) is 11.6 Å². The van der Waals surface area contributed by atoms with Gasteiger partial charge < -0.3 is 10.3 Å². The van der Waals surface area contributed by atoms with Crippen LogP contribution in [0.4, 0.5) is 8.78 Å². The largest absolute Gasteiger partial charge is 0.339 e. The van der Waals surface area contributed by atoms with Crippen LogP contribution in [0.3, 0.4) is 0 Å². The minimum absolute atomic E-state index is 0. The van der Waals surface area contributed by atoms with Gasteiger partial charge in [-0.05, 0) is 25.0 Å². The topological polar surface area (TPSA) is 64.9 Å². The van der Waals surface area contributed by atoms with Gasteiger partial charge >= 0.3 is 0 Å². The summed E-state index contributed by atoms with van der Waals surface area (Å²) in [6.45, 7) is 0. The highest BCUT2D eigenvalue weighted by molar-refractivity contribution is 5.85. The molecule has 0 spiro atoms. The minimum atomic E-state index is -0.618. The normalized spacial score (nSPS) is 16.7. The number of nitrogens with zero attached hydrogens (tertiary/aromatic N) is 2. The SMILES string of the molecule is Cl.NC1(c2noc(Cc3c(F)cccc3F)n2)CCCC1. The van der Waals surface area contributed by atoms with E-state index in [-0.39, 0.29) is 30.3 Å². The second kappa shape index (κ2) is 6.07. The molecule has 0 aliphatic heterocycles. The molecular weight excluding hydrogens is 300 g/mol. The summed E-state index contributed by atoms with van der Waals surface area (Å²) >= 11 is 0. The van der Waals surface area contributed by atoms with Gasteiger partial charge in [0, 0.05) is 5.56 Å². The Labute approximate surface area is 127 Å². The number of nitrogens with two attached hydrogens (primary N) is 1. The molecule has 2 N–H and O–H groups in total. The van der Waals surface area contributed by atoms with Crippen molar-refractivity contribution in [2.24, 2.45) is 5.73 Å². The summed E-state index contributed by atoms with van der Waals surface area (Å²) in [6.07, 6.45) is 3.60. The predicted octanol–water partition coefficient (Wildman–Crippen LogP) is 3.09. The van der Waals surface area contributed by atoms with Crippen molar-refractivity contribution in [1.29, 1.82) is 0 Å². The molecule has 4 nitrogen and oxygen atoms in total. The highest BCUT2D eigenvalue weighted by atomic mass is 35.5. The highest BCUT2D eigenvalue weighted by Crippen LogP contribution is 2.34. The molecule has 7 heteroatoms. The third kappa shape index (κ3) is 3.06. The summed E-state index contributed by atoms with van der Waals surface area (Å²) in [6, 6.07) is 3.73. The average molecular weight is 316 g/mol. The van der Waals surface area contributed by atoms with Crippen LogP contribution in [0.25, 0.3) is 0 Å². The van der Waals surface area contributed by atoms with E-state index < -0.39 is 17.2 Å². The van der Waals surface area contributed by atoms with Crippen LogP contribution in [0.15, 0.2) is 22.7 Å². The Kier molecular flexibility index (Phi) is 4.58. The van der Waals surface area contributed by atoms with Gasteiger partial charge in [-0.2, -0.15) is 4.98 Å². The van der Waals surface area contributed by atoms with E-state index in [0.717, 1.165) is 25.7 Å². The predicted molar refractivity (Wildman–Crippen MR) is 75.0 cm³/mol. The van der Waals surface area contributed by atoms with Crippen LogP contribution in [-0.2, 0) is 12.0 Å². The van der Waals surface area contributed by atoms with Crippen LogP contribution in [0, 0.1) is 11.6 Å². The number of aromatic nitrogens is 2. The van der Waals surface area contributed by atoms with Crippen molar-refractivity contribution in [3.8, 4) is 0 Å². The van der Waals surface area contributed by atoms with Crippen molar-refractivity contribution >= 4 is 12.4 Å². The number of hydrogen-bond acceptors (Lipinski definition) is 4. The van der Waals surface area contributed by atoms with Crippen LogP contribution in [-0.4, -0.2) is 10.1 Å². The molecule has 114 valence electrons. The Balaban J connectivity index is 0.00000161. The second-order valence-electron chi connectivity index (χ2n) is 5.25. The molecule has 1 aromatic heterocycles. The van der Waals surface area contributed by atoms with Crippen molar-refractivity contribution in [2.45, 2.75) is 37.6 Å². The summed E-state index contributed by atoms with van der Waals surface area (Å²) in [4.78, 5) is 4.21. The zero-order chi connectivity index (χ0) is 14.2. The lowest BCUT2D eigenvalue weighted by molar-refractivity contribution is 0.350. The lowest BCUT2D eigenvalue weighted by Crippen LogP contribution is -2.34. The zero-order valence-electron chi connectivity index (χ0n) is 11.3. The summed E-state index contributed by atoms with van der Waals surface area (Å²) < 4.78 is 32.2. The first-order valence-corrected chi connectivity index (χ1v) is 6.63. The first-order valence-electron chi connectivity index (χ1n) is 6.63. The van der Waals surface area contributed by atoms with Crippen molar-refractivity contribution in [1.82, 2.24) is 10.1 Å². The molecule has 0 saturated heterocycles. The molecule has 21 heavy (non-hydrogen) atoms. The fraction of sp³-hybridized carbons (Fsp3) is 0.429. The van der Waals surface area contributed by atoms with E-state index >= 15 is 0 Å². The van der Waals surface area contributed by atoms with E-state index in [9.17, 15) is 8.78 Å². The summed E-state index contributed by atoms with van der Waals surface area (Å²) in [5.41, 5.74) is 5.58. The summed E-state index contributed by atoms with van der Waals surface area (Å²) in [7, 11) is 0. The summed E-state index contributed by atoms with van der Waals surface area (Å²) in [5, 5.41) is 3.87. The van der Waals surface area contributed by atoms with Gasteiger partial charge in [0.05, 0.1) is 12.0 Å². The molecule has 0 amide bonds. The Hall–Kier alpha value is -1.53. The van der Waals surface area contributed by atoms with Gasteiger partial charge in [-0.3, -0.25) is 0 Å². The Morgan fingerprint density at radius 2 is 1.81 bits per heavy atom. The number of halogens is 3. The lowest BCUT2D eigenvalue weighted by Gasteiger charge is -2.17. The van der Waals surface area contributed by atoms with Gasteiger partial charge in [-0.1, -0.05) is 24.1 Å². The molecule has 1 aromatic carbocycles. The van der Waals surface area contributed by atoms with Crippen molar-refractivity contribution in [2.75, 3.05) is 0 Å². The van der Waals surface area contributed by atoms with Crippen LogP contribution in [0.5, 0.6) is 0 Å². The maximum atomic E-state index is 13.6. The number of hydrogen-bond donors (Lipinski definition) is 1. The maximum absolute atomic E-state index is 13.6.